The van der Waals surface area contributed by atoms with Gasteiger partial charge in [-0.2, -0.15) is 0 Å². The number of hydrogen-bond donors (Lipinski definition) is 1. The first-order chi connectivity index (χ1) is 26.0. The average Bonchev–Trinajstić information content (AvgIpc) is 3.51. The van der Waals surface area contributed by atoms with Gasteiger partial charge in [-0.1, -0.05) is 48.5 Å². The number of ether oxygens (including phenoxy) is 2. The third-order valence-electron chi connectivity index (χ3n) is 10.6. The van der Waals surface area contributed by atoms with E-state index in [1.807, 2.05) is 30.3 Å². The van der Waals surface area contributed by atoms with Crippen molar-refractivity contribution in [3.05, 3.63) is 114 Å². The van der Waals surface area contributed by atoms with Gasteiger partial charge in [0.2, 0.25) is 0 Å². The van der Waals surface area contributed by atoms with Crippen LogP contribution >= 0.6 is 0 Å². The third kappa shape index (κ3) is 6.79. The summed E-state index contributed by atoms with van der Waals surface area (Å²) in [5.74, 6) is -0.753. The highest BCUT2D eigenvalue weighted by molar-refractivity contribution is 6.26. The number of carbonyl (C=O) groups excluding carboxylic acids is 2. The number of fused-ring (bicyclic) bond motifs is 3. The molecule has 0 atom stereocenters. The molecule has 2 aliphatic rings. The van der Waals surface area contributed by atoms with Crippen molar-refractivity contribution >= 4 is 56.0 Å². The van der Waals surface area contributed by atoms with Gasteiger partial charge in [-0.25, -0.2) is 4.79 Å². The highest BCUT2D eigenvalue weighted by Crippen LogP contribution is 2.37. The summed E-state index contributed by atoms with van der Waals surface area (Å²) < 4.78 is 14.3. The second-order valence-corrected chi connectivity index (χ2v) is 14.0. The van der Waals surface area contributed by atoms with Crippen LogP contribution in [-0.2, 0) is 6.54 Å². The van der Waals surface area contributed by atoms with Gasteiger partial charge < -0.3 is 24.0 Å². The van der Waals surface area contributed by atoms with E-state index < -0.39 is 5.97 Å². The monoisotopic (exact) mass is 709 g/mol. The summed E-state index contributed by atoms with van der Waals surface area (Å²) in [4.78, 5) is 42.8. The Labute approximate surface area is 308 Å². The quantitative estimate of drug-likeness (QED) is 0.0890. The molecular weight excluding hydrogens is 666 g/mol. The van der Waals surface area contributed by atoms with Crippen molar-refractivity contribution < 1.29 is 29.0 Å². The molecule has 53 heavy (non-hydrogen) atoms. The van der Waals surface area contributed by atoms with E-state index in [9.17, 15) is 19.5 Å². The molecule has 8 rings (SSSR count). The number of aryl methyl sites for hydroxylation is 1. The van der Waals surface area contributed by atoms with Crippen LogP contribution in [0.3, 0.4) is 0 Å². The Morgan fingerprint density at radius 3 is 1.85 bits per heavy atom. The molecule has 0 radical (unpaired) electrons. The zero-order valence-corrected chi connectivity index (χ0v) is 29.8. The van der Waals surface area contributed by atoms with Crippen molar-refractivity contribution in [3.63, 3.8) is 0 Å². The second-order valence-electron chi connectivity index (χ2n) is 14.0. The summed E-state index contributed by atoms with van der Waals surface area (Å²) >= 11 is 0. The molecule has 0 spiro atoms. The Hall–Kier alpha value is -5.83. The first kappa shape index (κ1) is 34.3. The van der Waals surface area contributed by atoms with Crippen LogP contribution in [0.5, 0.6) is 11.5 Å². The van der Waals surface area contributed by atoms with E-state index in [-0.39, 0.29) is 23.9 Å². The topological polar surface area (TPSA) is 101 Å². The minimum absolute atomic E-state index is 0.0866. The maximum atomic E-state index is 13.6. The van der Waals surface area contributed by atoms with Crippen LogP contribution in [0.2, 0.25) is 0 Å². The van der Waals surface area contributed by atoms with Crippen molar-refractivity contribution in [3.8, 4) is 11.5 Å². The van der Waals surface area contributed by atoms with Gasteiger partial charge in [0.25, 0.3) is 11.8 Å². The highest BCUT2D eigenvalue weighted by atomic mass is 16.5. The molecule has 2 aliphatic heterocycles. The maximum Gasteiger partial charge on any atom is 0.335 e. The van der Waals surface area contributed by atoms with Gasteiger partial charge in [0, 0.05) is 81.6 Å². The van der Waals surface area contributed by atoms with E-state index in [0.29, 0.717) is 48.7 Å². The fourth-order valence-corrected chi connectivity index (χ4v) is 7.97. The number of anilines is 1. The van der Waals surface area contributed by atoms with Crippen molar-refractivity contribution in [1.29, 1.82) is 0 Å². The molecule has 5 aromatic carbocycles. The van der Waals surface area contributed by atoms with Gasteiger partial charge in [0.15, 0.2) is 0 Å². The lowest BCUT2D eigenvalue weighted by Gasteiger charge is -2.32. The Morgan fingerprint density at radius 2 is 1.21 bits per heavy atom. The van der Waals surface area contributed by atoms with Crippen LogP contribution in [0.4, 0.5) is 5.69 Å². The number of hydrogen-bond acceptors (Lipinski definition) is 6. The van der Waals surface area contributed by atoms with Crippen LogP contribution < -0.4 is 14.4 Å². The summed E-state index contributed by atoms with van der Waals surface area (Å²) in [6.07, 6.45) is 6.31. The van der Waals surface area contributed by atoms with Crippen LogP contribution in [-0.4, -0.2) is 65.2 Å². The maximum absolute atomic E-state index is 13.6. The summed E-state index contributed by atoms with van der Waals surface area (Å²) in [5, 5.41) is 14.0. The third-order valence-corrected chi connectivity index (χ3v) is 10.6. The molecule has 0 saturated carbocycles. The first-order valence-electron chi connectivity index (χ1n) is 18.7. The predicted octanol–water partition coefficient (Wildman–Crippen LogP) is 8.95. The molecule has 0 unspecified atom stereocenters. The van der Waals surface area contributed by atoms with Crippen LogP contribution in [0.25, 0.3) is 32.6 Å². The average molecular weight is 710 g/mol. The van der Waals surface area contributed by atoms with E-state index in [4.69, 9.17) is 9.47 Å². The molecule has 1 saturated heterocycles. The molecule has 2 amide bonds. The van der Waals surface area contributed by atoms with Gasteiger partial charge in [0.1, 0.15) is 11.5 Å². The summed E-state index contributed by atoms with van der Waals surface area (Å²) in [6, 6.07) is 31.3. The fourth-order valence-electron chi connectivity index (χ4n) is 7.97. The predicted molar refractivity (Wildman–Crippen MR) is 208 cm³/mol. The lowest BCUT2D eigenvalue weighted by molar-refractivity contribution is 0.0604. The SMILES string of the molecule is O=C(O)c1cc(OCCCCN2C(=O)c3cccc4c(N5CCCCC5)ccc(c34)C2=O)cc(OCCCCn2c3ccccc3c3ccccc32)c1. The molecule has 1 fully saturated rings. The van der Waals surface area contributed by atoms with Crippen molar-refractivity contribution in [2.24, 2.45) is 0 Å². The molecule has 0 bridgehead atoms. The fraction of sp³-hybridized carbons (Fsp3) is 0.295. The highest BCUT2D eigenvalue weighted by Gasteiger charge is 2.33. The van der Waals surface area contributed by atoms with Crippen molar-refractivity contribution in [2.45, 2.75) is 51.5 Å². The normalized spacial score (nSPS) is 14.4. The molecule has 270 valence electrons. The van der Waals surface area contributed by atoms with Crippen LogP contribution in [0, 0.1) is 0 Å². The first-order valence-corrected chi connectivity index (χ1v) is 18.7. The number of piperidine rings is 1. The van der Waals surface area contributed by atoms with Gasteiger partial charge in [0.05, 0.1) is 18.8 Å². The number of aromatic nitrogens is 1. The molecule has 9 nitrogen and oxygen atoms in total. The zero-order valence-electron chi connectivity index (χ0n) is 29.8. The number of nitrogens with zero attached hydrogens (tertiary/aromatic N) is 3. The number of benzene rings is 5. The Kier molecular flexibility index (Phi) is 9.72. The molecule has 6 aromatic rings. The number of rotatable bonds is 14. The summed E-state index contributed by atoms with van der Waals surface area (Å²) in [5.41, 5.74) is 4.73. The van der Waals surface area contributed by atoms with Crippen LogP contribution in [0.1, 0.15) is 76.0 Å². The number of carbonyl (C=O) groups is 3. The molecular formula is C44H43N3O6. The lowest BCUT2D eigenvalue weighted by Crippen LogP contribution is -2.41. The number of unbranched alkanes of at least 4 members (excludes halogenated alkanes) is 2. The summed E-state index contributed by atoms with van der Waals surface area (Å²) in [6.45, 7) is 3.81. The van der Waals surface area contributed by atoms with Crippen molar-refractivity contribution in [1.82, 2.24) is 9.47 Å². The number of amides is 2. The number of carboxylic acid groups (broad SMARTS) is 1. The minimum Gasteiger partial charge on any atom is -0.493 e. The number of para-hydroxylation sites is 2. The molecule has 0 aliphatic carbocycles. The largest absolute Gasteiger partial charge is 0.493 e. The number of imide groups is 1. The van der Waals surface area contributed by atoms with Gasteiger partial charge >= 0.3 is 5.97 Å². The summed E-state index contributed by atoms with van der Waals surface area (Å²) in [7, 11) is 0. The minimum atomic E-state index is -1.06. The van der Waals surface area contributed by atoms with Gasteiger partial charge in [-0.3, -0.25) is 14.5 Å². The molecule has 1 N–H and O–H groups in total. The number of aromatic carboxylic acids is 1. The molecule has 9 heteroatoms. The van der Waals surface area contributed by atoms with Crippen LogP contribution in [0.15, 0.2) is 97.1 Å². The van der Waals surface area contributed by atoms with Gasteiger partial charge in [-0.15, -0.1) is 0 Å². The smallest absolute Gasteiger partial charge is 0.335 e. The van der Waals surface area contributed by atoms with E-state index in [1.54, 1.807) is 6.07 Å². The molecule has 3 heterocycles. The lowest BCUT2D eigenvalue weighted by atomic mass is 9.92. The standard InChI is InChI=1S/C44H43N3O6/c48-42-36-16-12-15-35-38(45-21-6-1-7-22-45)20-19-37(41(35)36)43(49)47(42)24-9-11-26-53-32-28-30(44(50)51)27-31(29-32)52-25-10-8-23-46-39-17-4-2-13-33(39)34-14-3-5-18-40(34)46/h2-5,12-20,27-29H,1,6-11,21-26H2,(H,50,51). The second kappa shape index (κ2) is 15.0. The Bertz CT molecular complexity index is 2260. The zero-order chi connectivity index (χ0) is 36.3. The van der Waals surface area contributed by atoms with Crippen molar-refractivity contribution in [2.75, 3.05) is 37.7 Å². The van der Waals surface area contributed by atoms with Gasteiger partial charge in [-0.05, 0) is 87.4 Å². The Morgan fingerprint density at radius 1 is 0.623 bits per heavy atom. The van der Waals surface area contributed by atoms with E-state index in [0.717, 1.165) is 61.8 Å². The van der Waals surface area contributed by atoms with E-state index in [2.05, 4.69) is 58.0 Å². The van der Waals surface area contributed by atoms with E-state index >= 15 is 0 Å². The molecule has 1 aromatic heterocycles. The van der Waals surface area contributed by atoms with E-state index in [1.165, 1.54) is 45.3 Å². The number of carboxylic acids is 1. The Balaban J connectivity index is 0.849.